The van der Waals surface area contributed by atoms with Gasteiger partial charge in [0.2, 0.25) is 11.1 Å². The lowest BCUT2D eigenvalue weighted by atomic mass is 10.1. The Kier molecular flexibility index (Phi) is 5.95. The Bertz CT molecular complexity index is 989. The Balaban J connectivity index is 1.61. The minimum atomic E-state index is -4.52. The summed E-state index contributed by atoms with van der Waals surface area (Å²) in [5, 5.41) is 9.57. The fourth-order valence-electron chi connectivity index (χ4n) is 2.27. The highest BCUT2D eigenvalue weighted by molar-refractivity contribution is 7.99. The SMILES string of the molecule is Cc1ccc(-c2nc(SCC(=O)Nc3cc(C(F)(F)F)ccc3Cl)n[nH]2)cc1. The van der Waals surface area contributed by atoms with Crippen LogP contribution in [0.15, 0.2) is 47.6 Å². The maximum atomic E-state index is 12.8. The van der Waals surface area contributed by atoms with Gasteiger partial charge in [-0.1, -0.05) is 53.2 Å². The van der Waals surface area contributed by atoms with Crippen molar-refractivity contribution in [2.75, 3.05) is 11.1 Å². The molecule has 2 N–H and O–H groups in total. The van der Waals surface area contributed by atoms with Crippen LogP contribution in [0, 0.1) is 6.92 Å². The van der Waals surface area contributed by atoms with E-state index < -0.39 is 17.6 Å². The van der Waals surface area contributed by atoms with Crippen LogP contribution >= 0.6 is 23.4 Å². The summed E-state index contributed by atoms with van der Waals surface area (Å²) in [6.07, 6.45) is -4.52. The van der Waals surface area contributed by atoms with Gasteiger partial charge in [-0.05, 0) is 25.1 Å². The van der Waals surface area contributed by atoms with Crippen molar-refractivity contribution in [2.45, 2.75) is 18.3 Å². The molecule has 28 heavy (non-hydrogen) atoms. The molecule has 0 atom stereocenters. The first-order valence-corrected chi connectivity index (χ1v) is 9.37. The van der Waals surface area contributed by atoms with Crippen LogP contribution in [-0.4, -0.2) is 26.8 Å². The number of alkyl halides is 3. The summed E-state index contributed by atoms with van der Waals surface area (Å²) in [6.45, 7) is 1.97. The fraction of sp³-hybridized carbons (Fsp3) is 0.167. The maximum absolute atomic E-state index is 12.8. The minimum absolute atomic E-state index is 0.0194. The van der Waals surface area contributed by atoms with Gasteiger partial charge >= 0.3 is 6.18 Å². The fourth-order valence-corrected chi connectivity index (χ4v) is 3.03. The molecule has 0 aliphatic carbocycles. The van der Waals surface area contributed by atoms with Crippen molar-refractivity contribution in [2.24, 2.45) is 0 Å². The number of nitrogens with one attached hydrogen (secondary N) is 2. The lowest BCUT2D eigenvalue weighted by molar-refractivity contribution is -0.137. The maximum Gasteiger partial charge on any atom is 0.416 e. The monoisotopic (exact) mass is 426 g/mol. The zero-order valence-electron chi connectivity index (χ0n) is 14.5. The Morgan fingerprint density at radius 3 is 2.61 bits per heavy atom. The van der Waals surface area contributed by atoms with E-state index in [1.807, 2.05) is 31.2 Å². The second-order valence-electron chi connectivity index (χ2n) is 5.86. The van der Waals surface area contributed by atoms with E-state index in [9.17, 15) is 18.0 Å². The number of H-pyrrole nitrogens is 1. The normalized spacial score (nSPS) is 11.5. The molecule has 146 valence electrons. The summed E-state index contributed by atoms with van der Waals surface area (Å²) in [6, 6.07) is 10.4. The van der Waals surface area contributed by atoms with E-state index in [4.69, 9.17) is 11.6 Å². The van der Waals surface area contributed by atoms with Crippen LogP contribution < -0.4 is 5.32 Å². The number of rotatable bonds is 5. The smallest absolute Gasteiger partial charge is 0.324 e. The third-order valence-corrected chi connectivity index (χ3v) is 4.87. The van der Waals surface area contributed by atoms with Crippen LogP contribution in [0.1, 0.15) is 11.1 Å². The molecule has 5 nitrogen and oxygen atoms in total. The number of aryl methyl sites for hydroxylation is 1. The molecule has 0 spiro atoms. The minimum Gasteiger partial charge on any atom is -0.324 e. The zero-order chi connectivity index (χ0) is 20.3. The van der Waals surface area contributed by atoms with Gasteiger partial charge in [-0.25, -0.2) is 4.98 Å². The van der Waals surface area contributed by atoms with Crippen molar-refractivity contribution < 1.29 is 18.0 Å². The molecule has 0 bridgehead atoms. The van der Waals surface area contributed by atoms with Gasteiger partial charge in [-0.3, -0.25) is 9.89 Å². The van der Waals surface area contributed by atoms with E-state index in [2.05, 4.69) is 20.5 Å². The van der Waals surface area contributed by atoms with Crippen molar-refractivity contribution in [3.8, 4) is 11.4 Å². The van der Waals surface area contributed by atoms with E-state index in [-0.39, 0.29) is 16.5 Å². The second-order valence-corrected chi connectivity index (χ2v) is 7.21. The Hall–Kier alpha value is -2.52. The predicted octanol–water partition coefficient (Wildman–Crippen LogP) is 5.18. The number of aromatic nitrogens is 3. The molecule has 3 aromatic rings. The standard InChI is InChI=1S/C18H14ClF3N4OS/c1-10-2-4-11(5-3-10)16-24-17(26-25-16)28-9-15(27)23-14-8-12(18(20,21)22)6-7-13(14)19/h2-8H,9H2,1H3,(H,23,27)(H,24,25,26). The van der Waals surface area contributed by atoms with Crippen LogP contribution in [0.5, 0.6) is 0 Å². The van der Waals surface area contributed by atoms with E-state index in [0.29, 0.717) is 11.0 Å². The lowest BCUT2D eigenvalue weighted by Gasteiger charge is -2.11. The highest BCUT2D eigenvalue weighted by Gasteiger charge is 2.31. The van der Waals surface area contributed by atoms with Crippen LogP contribution in [-0.2, 0) is 11.0 Å². The number of amides is 1. The second kappa shape index (κ2) is 8.24. The number of benzene rings is 2. The van der Waals surface area contributed by atoms with Crippen molar-refractivity contribution in [3.05, 3.63) is 58.6 Å². The van der Waals surface area contributed by atoms with Crippen LogP contribution in [0.25, 0.3) is 11.4 Å². The molecule has 0 fully saturated rings. The van der Waals surface area contributed by atoms with Crippen LogP contribution in [0.2, 0.25) is 5.02 Å². The van der Waals surface area contributed by atoms with E-state index >= 15 is 0 Å². The third-order valence-electron chi connectivity index (χ3n) is 3.69. The average Bonchev–Trinajstić information content (AvgIpc) is 3.10. The molecule has 0 unspecified atom stereocenters. The molecule has 0 saturated carbocycles. The van der Waals surface area contributed by atoms with Gasteiger partial charge in [-0.15, -0.1) is 5.10 Å². The number of carbonyl (C=O) groups excluding carboxylic acids is 1. The molecule has 2 aromatic carbocycles. The molecule has 0 aliphatic heterocycles. The third kappa shape index (κ3) is 5.05. The summed E-state index contributed by atoms with van der Waals surface area (Å²) in [5.41, 5.74) is 0.974. The number of hydrogen-bond acceptors (Lipinski definition) is 4. The number of nitrogens with zero attached hydrogens (tertiary/aromatic N) is 2. The van der Waals surface area contributed by atoms with Crippen molar-refractivity contribution in [3.63, 3.8) is 0 Å². The topological polar surface area (TPSA) is 70.7 Å². The summed E-state index contributed by atoms with van der Waals surface area (Å²) >= 11 is 6.92. The molecule has 0 radical (unpaired) electrons. The first-order chi connectivity index (χ1) is 13.2. The molecule has 10 heteroatoms. The molecule has 1 amide bonds. The van der Waals surface area contributed by atoms with Crippen molar-refractivity contribution >= 4 is 35.0 Å². The summed E-state index contributed by atoms with van der Waals surface area (Å²) in [4.78, 5) is 16.4. The lowest BCUT2D eigenvalue weighted by Crippen LogP contribution is -2.15. The van der Waals surface area contributed by atoms with Crippen molar-refractivity contribution in [1.29, 1.82) is 0 Å². The number of halogens is 4. The summed E-state index contributed by atoms with van der Waals surface area (Å²) < 4.78 is 38.4. The highest BCUT2D eigenvalue weighted by atomic mass is 35.5. The zero-order valence-corrected chi connectivity index (χ0v) is 16.0. The molecule has 0 saturated heterocycles. The van der Waals surface area contributed by atoms with Crippen molar-refractivity contribution in [1.82, 2.24) is 15.2 Å². The van der Waals surface area contributed by atoms with Gasteiger partial charge in [0.25, 0.3) is 0 Å². The molecule has 1 aromatic heterocycles. The van der Waals surface area contributed by atoms with Gasteiger partial charge in [0.1, 0.15) is 0 Å². The summed E-state index contributed by atoms with van der Waals surface area (Å²) in [5.74, 6) is -0.0469. The molecule has 3 rings (SSSR count). The van der Waals surface area contributed by atoms with Gasteiger partial charge in [0.05, 0.1) is 22.0 Å². The number of aromatic amines is 1. The average molecular weight is 427 g/mol. The van der Waals surface area contributed by atoms with Gasteiger partial charge in [0, 0.05) is 5.56 Å². The van der Waals surface area contributed by atoms with E-state index in [1.54, 1.807) is 0 Å². The van der Waals surface area contributed by atoms with E-state index in [0.717, 1.165) is 41.1 Å². The number of anilines is 1. The van der Waals surface area contributed by atoms with E-state index in [1.165, 1.54) is 0 Å². The predicted molar refractivity (Wildman–Crippen MR) is 102 cm³/mol. The first kappa shape index (κ1) is 20.2. The van der Waals surface area contributed by atoms with Crippen LogP contribution in [0.3, 0.4) is 0 Å². The largest absolute Gasteiger partial charge is 0.416 e. The molecular formula is C18H14ClF3N4OS. The molecular weight excluding hydrogens is 413 g/mol. The molecule has 0 aliphatic rings. The number of carbonyl (C=O) groups is 1. The molecule has 1 heterocycles. The van der Waals surface area contributed by atoms with Gasteiger partial charge in [0.15, 0.2) is 5.82 Å². The highest BCUT2D eigenvalue weighted by Crippen LogP contribution is 2.34. The summed E-state index contributed by atoms with van der Waals surface area (Å²) in [7, 11) is 0. The number of hydrogen-bond donors (Lipinski definition) is 2. The van der Waals surface area contributed by atoms with Gasteiger partial charge in [-0.2, -0.15) is 13.2 Å². The number of thioether (sulfide) groups is 1. The van der Waals surface area contributed by atoms with Gasteiger partial charge < -0.3 is 5.32 Å². The Morgan fingerprint density at radius 1 is 1.21 bits per heavy atom. The quantitative estimate of drug-likeness (QED) is 0.551. The first-order valence-electron chi connectivity index (χ1n) is 8.01. The Morgan fingerprint density at radius 2 is 1.93 bits per heavy atom. The van der Waals surface area contributed by atoms with Crippen LogP contribution in [0.4, 0.5) is 18.9 Å². The Labute approximate surface area is 167 Å².